The molecule has 0 spiro atoms. The minimum Gasteiger partial charge on any atom is -0.337 e. The number of benzene rings is 1. The van der Waals surface area contributed by atoms with E-state index >= 15 is 0 Å². The molecule has 2 rings (SSSR count). The molecule has 0 saturated carbocycles. The second-order valence-electron chi connectivity index (χ2n) is 4.88. The molecule has 1 amide bonds. The van der Waals surface area contributed by atoms with Crippen molar-refractivity contribution in [2.24, 2.45) is 0 Å². The largest absolute Gasteiger partial charge is 0.337 e. The number of hydroxylamine groups is 1. The summed E-state index contributed by atoms with van der Waals surface area (Å²) in [6.45, 7) is 5.04. The molecule has 2 N–H and O–H groups in total. The molecule has 5 nitrogen and oxygen atoms in total. The summed E-state index contributed by atoms with van der Waals surface area (Å²) < 4.78 is 42.0. The quantitative estimate of drug-likeness (QED) is 0.321. The van der Waals surface area contributed by atoms with Gasteiger partial charge in [-0.25, -0.2) is 23.6 Å². The molecule has 0 fully saturated rings. The van der Waals surface area contributed by atoms with Crippen molar-refractivity contribution in [3.8, 4) is 0 Å². The van der Waals surface area contributed by atoms with Crippen LogP contribution in [0, 0.1) is 24.4 Å². The van der Waals surface area contributed by atoms with Gasteiger partial charge >= 0.3 is 0 Å². The van der Waals surface area contributed by atoms with Gasteiger partial charge in [0.05, 0.1) is 17.9 Å². The number of nitrogens with zero attached hydrogens (tertiary/aromatic N) is 1. The second kappa shape index (κ2) is 8.13. The van der Waals surface area contributed by atoms with Gasteiger partial charge in [0, 0.05) is 10.7 Å². The lowest BCUT2D eigenvalue weighted by atomic mass is 10.1. The molecule has 0 radical (unpaired) electrons. The minimum atomic E-state index is -1.71. The van der Waals surface area contributed by atoms with Crippen molar-refractivity contribution < 1.29 is 22.8 Å². The van der Waals surface area contributed by atoms with Crippen LogP contribution in [0.4, 0.5) is 24.7 Å². The third-order valence-corrected chi connectivity index (χ3v) is 3.49. The van der Waals surface area contributed by atoms with Gasteiger partial charge in [-0.3, -0.25) is 9.63 Å². The van der Waals surface area contributed by atoms with E-state index < -0.39 is 34.6 Å². The number of anilines is 2. The Morgan fingerprint density at radius 3 is 2.72 bits per heavy atom. The van der Waals surface area contributed by atoms with E-state index in [1.807, 2.05) is 5.48 Å². The maximum absolute atomic E-state index is 14.2. The maximum Gasteiger partial charge on any atom is 0.277 e. The molecule has 0 atom stereocenters. The summed E-state index contributed by atoms with van der Waals surface area (Å²) in [7, 11) is 0. The first-order valence-corrected chi connectivity index (χ1v) is 7.74. The van der Waals surface area contributed by atoms with Crippen molar-refractivity contribution in [1.82, 2.24) is 10.5 Å². The van der Waals surface area contributed by atoms with E-state index in [-0.39, 0.29) is 12.4 Å². The van der Waals surface area contributed by atoms with Crippen LogP contribution < -0.4 is 10.8 Å². The third kappa shape index (κ3) is 4.37. The first-order chi connectivity index (χ1) is 11.8. The van der Waals surface area contributed by atoms with E-state index in [9.17, 15) is 18.0 Å². The molecule has 0 aliphatic heterocycles. The summed E-state index contributed by atoms with van der Waals surface area (Å²) in [5.41, 5.74) is 1.54. The first kappa shape index (κ1) is 18.9. The Bertz CT molecular complexity index is 831. The SMILES string of the molecule is C=CCONC(=O)c1cc(F)c(F)c(F)c1Nc1ncc(Br)cc1C. The molecule has 0 aliphatic rings. The van der Waals surface area contributed by atoms with Crippen LogP contribution in [0.3, 0.4) is 0 Å². The van der Waals surface area contributed by atoms with Crippen molar-refractivity contribution in [3.63, 3.8) is 0 Å². The Kier molecular flexibility index (Phi) is 6.16. The Morgan fingerprint density at radius 1 is 1.36 bits per heavy atom. The number of aryl methyl sites for hydroxylation is 1. The zero-order valence-electron chi connectivity index (χ0n) is 13.0. The fourth-order valence-corrected chi connectivity index (χ4v) is 2.35. The van der Waals surface area contributed by atoms with Crippen LogP contribution >= 0.6 is 15.9 Å². The molecular weight excluding hydrogens is 403 g/mol. The lowest BCUT2D eigenvalue weighted by Crippen LogP contribution is -2.25. The van der Waals surface area contributed by atoms with E-state index in [0.29, 0.717) is 16.1 Å². The number of amides is 1. The summed E-state index contributed by atoms with van der Waals surface area (Å²) >= 11 is 3.23. The zero-order valence-corrected chi connectivity index (χ0v) is 14.6. The minimum absolute atomic E-state index is 0.0198. The molecule has 9 heteroatoms. The molecular formula is C16H13BrF3N3O2. The summed E-state index contributed by atoms with van der Waals surface area (Å²) in [6, 6.07) is 2.25. The average molecular weight is 416 g/mol. The average Bonchev–Trinajstić information content (AvgIpc) is 2.57. The number of pyridine rings is 1. The first-order valence-electron chi connectivity index (χ1n) is 6.94. The van der Waals surface area contributed by atoms with Gasteiger partial charge in [-0.1, -0.05) is 6.08 Å². The fraction of sp³-hybridized carbons (Fsp3) is 0.125. The molecule has 1 aromatic heterocycles. The van der Waals surface area contributed by atoms with Crippen LogP contribution in [-0.4, -0.2) is 17.5 Å². The number of hydrogen-bond donors (Lipinski definition) is 2. The van der Waals surface area contributed by atoms with Crippen molar-refractivity contribution >= 4 is 33.3 Å². The van der Waals surface area contributed by atoms with Gasteiger partial charge in [0.25, 0.3) is 5.91 Å². The van der Waals surface area contributed by atoms with Crippen molar-refractivity contribution in [2.75, 3.05) is 11.9 Å². The van der Waals surface area contributed by atoms with E-state index in [1.54, 1.807) is 13.0 Å². The Hall–Kier alpha value is -2.39. The van der Waals surface area contributed by atoms with Gasteiger partial charge in [0.2, 0.25) is 0 Å². The molecule has 0 aliphatic carbocycles. The van der Waals surface area contributed by atoms with Gasteiger partial charge in [0.15, 0.2) is 17.5 Å². The number of halogens is 4. The van der Waals surface area contributed by atoms with Gasteiger partial charge in [-0.2, -0.15) is 0 Å². The lowest BCUT2D eigenvalue weighted by molar-refractivity contribution is 0.0421. The van der Waals surface area contributed by atoms with Crippen LogP contribution in [-0.2, 0) is 4.84 Å². The highest BCUT2D eigenvalue weighted by molar-refractivity contribution is 9.10. The number of nitrogens with one attached hydrogen (secondary N) is 2. The molecule has 1 heterocycles. The van der Waals surface area contributed by atoms with E-state index in [4.69, 9.17) is 4.84 Å². The topological polar surface area (TPSA) is 63.2 Å². The van der Waals surface area contributed by atoms with Crippen molar-refractivity contribution in [3.05, 3.63) is 64.0 Å². The Labute approximate surface area is 150 Å². The van der Waals surface area contributed by atoms with E-state index in [0.717, 1.165) is 0 Å². The molecule has 0 unspecified atom stereocenters. The molecule has 0 saturated heterocycles. The zero-order chi connectivity index (χ0) is 18.6. The smallest absolute Gasteiger partial charge is 0.277 e. The van der Waals surface area contributed by atoms with Crippen LogP contribution in [0.25, 0.3) is 0 Å². The Balaban J connectivity index is 2.45. The highest BCUT2D eigenvalue weighted by Gasteiger charge is 2.24. The predicted octanol–water partition coefficient (Wildman–Crippen LogP) is 4.16. The summed E-state index contributed by atoms with van der Waals surface area (Å²) in [6.07, 6.45) is 2.79. The van der Waals surface area contributed by atoms with Crippen LogP contribution in [0.1, 0.15) is 15.9 Å². The highest BCUT2D eigenvalue weighted by Crippen LogP contribution is 2.29. The lowest BCUT2D eigenvalue weighted by Gasteiger charge is -2.15. The van der Waals surface area contributed by atoms with Crippen LogP contribution in [0.5, 0.6) is 0 Å². The second-order valence-corrected chi connectivity index (χ2v) is 5.80. The molecule has 0 bridgehead atoms. The fourth-order valence-electron chi connectivity index (χ4n) is 1.91. The number of carbonyl (C=O) groups is 1. The predicted molar refractivity (Wildman–Crippen MR) is 89.9 cm³/mol. The number of carbonyl (C=O) groups excluding carboxylic acids is 1. The number of rotatable bonds is 6. The monoisotopic (exact) mass is 415 g/mol. The highest BCUT2D eigenvalue weighted by atomic mass is 79.9. The Morgan fingerprint density at radius 2 is 2.08 bits per heavy atom. The number of hydrogen-bond acceptors (Lipinski definition) is 4. The normalized spacial score (nSPS) is 10.4. The standard InChI is InChI=1S/C16H13BrF3N3O2/c1-3-4-25-23-16(24)10-6-11(18)12(19)13(20)14(10)22-15-8(2)5-9(17)7-21-15/h3,5-7H,1,4H2,2H3,(H,21,22)(H,23,24). The number of aromatic nitrogens is 1. The third-order valence-electron chi connectivity index (χ3n) is 3.06. The van der Waals surface area contributed by atoms with Gasteiger partial charge in [-0.15, -0.1) is 6.58 Å². The summed E-state index contributed by atoms with van der Waals surface area (Å²) in [4.78, 5) is 20.9. The summed E-state index contributed by atoms with van der Waals surface area (Å²) in [5, 5.41) is 2.53. The molecule has 1 aromatic carbocycles. The molecule has 2 aromatic rings. The van der Waals surface area contributed by atoms with Crippen LogP contribution in [0.15, 0.2) is 35.5 Å². The van der Waals surface area contributed by atoms with E-state index in [1.165, 1.54) is 12.3 Å². The van der Waals surface area contributed by atoms with Gasteiger partial charge < -0.3 is 5.32 Å². The van der Waals surface area contributed by atoms with Crippen molar-refractivity contribution in [1.29, 1.82) is 0 Å². The van der Waals surface area contributed by atoms with Gasteiger partial charge in [-0.05, 0) is 40.5 Å². The van der Waals surface area contributed by atoms with Gasteiger partial charge in [0.1, 0.15) is 5.82 Å². The summed E-state index contributed by atoms with van der Waals surface area (Å²) in [5.74, 6) is -5.54. The van der Waals surface area contributed by atoms with Crippen LogP contribution in [0.2, 0.25) is 0 Å². The van der Waals surface area contributed by atoms with Crippen molar-refractivity contribution in [2.45, 2.75) is 6.92 Å². The molecule has 25 heavy (non-hydrogen) atoms. The van der Waals surface area contributed by atoms with E-state index in [2.05, 4.69) is 32.8 Å². The molecule has 132 valence electrons. The maximum atomic E-state index is 14.2.